The summed E-state index contributed by atoms with van der Waals surface area (Å²) in [4.78, 5) is 13.7. The molecule has 1 fully saturated rings. The number of carbonyl (C=O) groups is 1. The van der Waals surface area contributed by atoms with E-state index in [1.165, 1.54) is 63.2 Å². The molecular formula is C24H27F5N2O4S. The van der Waals surface area contributed by atoms with Crippen LogP contribution in [0.4, 0.5) is 22.0 Å². The van der Waals surface area contributed by atoms with Crippen LogP contribution in [0.15, 0.2) is 42.5 Å². The number of rotatable bonds is 9. The zero-order chi connectivity index (χ0) is 26.8. The van der Waals surface area contributed by atoms with Crippen LogP contribution in [0.5, 0.6) is 5.75 Å². The van der Waals surface area contributed by atoms with Crippen molar-refractivity contribution in [1.29, 1.82) is 0 Å². The Morgan fingerprint density at radius 2 is 1.86 bits per heavy atom. The van der Waals surface area contributed by atoms with Gasteiger partial charge in [0.2, 0.25) is 15.9 Å². The lowest BCUT2D eigenvalue weighted by molar-refractivity contribution is -0.136. The third kappa shape index (κ3) is 6.15. The van der Waals surface area contributed by atoms with Crippen molar-refractivity contribution in [1.82, 2.24) is 9.62 Å². The average Bonchev–Trinajstić information content (AvgIpc) is 3.03. The Hall–Kier alpha value is -2.73. The largest absolute Gasteiger partial charge is 0.435 e. The molecule has 198 valence electrons. The van der Waals surface area contributed by atoms with Crippen molar-refractivity contribution in [2.75, 3.05) is 12.3 Å². The van der Waals surface area contributed by atoms with E-state index >= 15 is 13.2 Å². The predicted molar refractivity (Wildman–Crippen MR) is 124 cm³/mol. The smallest absolute Gasteiger partial charge is 0.387 e. The molecule has 1 saturated heterocycles. The lowest BCUT2D eigenvalue weighted by atomic mass is 9.95. The first-order chi connectivity index (χ1) is 16.8. The van der Waals surface area contributed by atoms with Gasteiger partial charge in [-0.05, 0) is 36.6 Å². The molecule has 2 aromatic rings. The second-order valence-corrected chi connectivity index (χ2v) is 10.9. The highest BCUT2D eigenvalue weighted by Gasteiger charge is 2.57. The van der Waals surface area contributed by atoms with Gasteiger partial charge in [-0.2, -0.15) is 8.78 Å². The van der Waals surface area contributed by atoms with Crippen LogP contribution in [-0.2, 0) is 21.2 Å². The molecular weight excluding hydrogens is 507 g/mol. The van der Waals surface area contributed by atoms with Gasteiger partial charge in [-0.25, -0.2) is 26.3 Å². The summed E-state index contributed by atoms with van der Waals surface area (Å²) in [6.07, 6.45) is -0.405. The maximum absolute atomic E-state index is 15.6. The molecule has 0 spiro atoms. The van der Waals surface area contributed by atoms with Gasteiger partial charge in [0, 0.05) is 11.5 Å². The van der Waals surface area contributed by atoms with E-state index in [9.17, 15) is 22.0 Å². The summed E-state index contributed by atoms with van der Waals surface area (Å²) in [5.41, 5.74) is 0.171. The molecule has 2 atom stereocenters. The van der Waals surface area contributed by atoms with E-state index in [0.717, 1.165) is 4.90 Å². The van der Waals surface area contributed by atoms with E-state index < -0.39 is 71.0 Å². The standard InChI is InChI=1S/C24H27F5N2O4S/c1-4-36(33,34)30-21-19(31(13-24(21,28)29)22(32)14(2)3)12-16-8-6-10-18(20(16)25)15-7-5-9-17(11-15)35-23(26)27/h5-11,14,19,21,23,30H,4,12-13H2,1-3H3/t19-,21+/m0/s1. The van der Waals surface area contributed by atoms with Gasteiger partial charge in [-0.3, -0.25) is 4.79 Å². The minimum Gasteiger partial charge on any atom is -0.435 e. The van der Waals surface area contributed by atoms with E-state index in [2.05, 4.69) is 4.74 Å². The summed E-state index contributed by atoms with van der Waals surface area (Å²) in [7, 11) is -4.08. The number of likely N-dealkylation sites (tertiary alicyclic amines) is 1. The molecule has 36 heavy (non-hydrogen) atoms. The number of benzene rings is 2. The van der Waals surface area contributed by atoms with Crippen molar-refractivity contribution >= 4 is 15.9 Å². The summed E-state index contributed by atoms with van der Waals surface area (Å²) in [5.74, 6) is -6.32. The van der Waals surface area contributed by atoms with Gasteiger partial charge in [-0.1, -0.05) is 44.2 Å². The number of sulfonamides is 1. The molecule has 0 bridgehead atoms. The topological polar surface area (TPSA) is 75.7 Å². The van der Waals surface area contributed by atoms with Crippen molar-refractivity contribution in [2.45, 2.75) is 51.8 Å². The van der Waals surface area contributed by atoms with Crippen molar-refractivity contribution in [3.05, 3.63) is 53.8 Å². The van der Waals surface area contributed by atoms with E-state index in [4.69, 9.17) is 0 Å². The quantitative estimate of drug-likeness (QED) is 0.483. The lowest BCUT2D eigenvalue weighted by Gasteiger charge is -2.29. The molecule has 0 aliphatic carbocycles. The van der Waals surface area contributed by atoms with Crippen LogP contribution in [0.2, 0.25) is 0 Å². The van der Waals surface area contributed by atoms with E-state index in [0.29, 0.717) is 0 Å². The minimum absolute atomic E-state index is 0.00407. The number of hydrogen-bond donors (Lipinski definition) is 1. The van der Waals surface area contributed by atoms with Crippen LogP contribution in [0, 0.1) is 11.7 Å². The minimum atomic E-state index is -4.08. The molecule has 0 saturated carbocycles. The summed E-state index contributed by atoms with van der Waals surface area (Å²) in [5, 5.41) is 0. The Balaban J connectivity index is 2.02. The van der Waals surface area contributed by atoms with Gasteiger partial charge in [0.25, 0.3) is 5.92 Å². The molecule has 0 aromatic heterocycles. The van der Waals surface area contributed by atoms with Gasteiger partial charge in [0.05, 0.1) is 18.3 Å². The molecule has 1 amide bonds. The Bertz CT molecular complexity index is 1210. The Morgan fingerprint density at radius 1 is 1.19 bits per heavy atom. The number of amides is 1. The first-order valence-electron chi connectivity index (χ1n) is 11.3. The number of carbonyl (C=O) groups excluding carboxylic acids is 1. The third-order valence-corrected chi connectivity index (χ3v) is 7.34. The van der Waals surface area contributed by atoms with Crippen LogP contribution in [-0.4, -0.2) is 56.1 Å². The van der Waals surface area contributed by atoms with Crippen molar-refractivity contribution in [3.8, 4) is 16.9 Å². The van der Waals surface area contributed by atoms with Crippen LogP contribution in [0.1, 0.15) is 26.3 Å². The van der Waals surface area contributed by atoms with Crippen LogP contribution in [0.25, 0.3) is 11.1 Å². The fourth-order valence-corrected chi connectivity index (χ4v) is 5.06. The summed E-state index contributed by atoms with van der Waals surface area (Å²) >= 11 is 0. The third-order valence-electron chi connectivity index (χ3n) is 5.96. The van der Waals surface area contributed by atoms with Gasteiger partial charge < -0.3 is 9.64 Å². The first-order valence-corrected chi connectivity index (χ1v) is 12.9. The molecule has 1 heterocycles. The van der Waals surface area contributed by atoms with Crippen LogP contribution < -0.4 is 9.46 Å². The zero-order valence-electron chi connectivity index (χ0n) is 19.9. The Kier molecular flexibility index (Phi) is 8.29. The normalized spacial score (nSPS) is 19.8. The maximum Gasteiger partial charge on any atom is 0.387 e. The van der Waals surface area contributed by atoms with Crippen molar-refractivity contribution in [3.63, 3.8) is 0 Å². The Morgan fingerprint density at radius 3 is 2.47 bits per heavy atom. The van der Waals surface area contributed by atoms with Crippen molar-refractivity contribution < 1.29 is 39.9 Å². The second-order valence-electron chi connectivity index (χ2n) is 8.84. The van der Waals surface area contributed by atoms with Gasteiger partial charge in [0.15, 0.2) is 0 Å². The number of hydrogen-bond acceptors (Lipinski definition) is 4. The number of nitrogens with zero attached hydrogens (tertiary/aromatic N) is 1. The van der Waals surface area contributed by atoms with Gasteiger partial charge >= 0.3 is 6.61 Å². The highest BCUT2D eigenvalue weighted by molar-refractivity contribution is 7.89. The highest BCUT2D eigenvalue weighted by Crippen LogP contribution is 2.37. The molecule has 12 heteroatoms. The number of nitrogens with one attached hydrogen (secondary N) is 1. The average molecular weight is 535 g/mol. The van der Waals surface area contributed by atoms with E-state index in [1.54, 1.807) is 0 Å². The van der Waals surface area contributed by atoms with Gasteiger partial charge in [0.1, 0.15) is 17.6 Å². The van der Waals surface area contributed by atoms with Crippen LogP contribution >= 0.6 is 0 Å². The summed E-state index contributed by atoms with van der Waals surface area (Å²) in [6.45, 7) is 0.248. The number of alkyl halides is 4. The fourth-order valence-electron chi connectivity index (χ4n) is 4.17. The van der Waals surface area contributed by atoms with E-state index in [1.807, 2.05) is 4.72 Å². The molecule has 0 unspecified atom stereocenters. The van der Waals surface area contributed by atoms with E-state index in [-0.39, 0.29) is 22.4 Å². The predicted octanol–water partition coefficient (Wildman–Crippen LogP) is 4.45. The highest BCUT2D eigenvalue weighted by atomic mass is 32.2. The second kappa shape index (κ2) is 10.7. The number of ether oxygens (including phenoxy) is 1. The SMILES string of the molecule is CCS(=O)(=O)N[C@@H]1[C@H](Cc2cccc(-c3cccc(OC(F)F)c3)c2F)N(C(=O)C(C)C)CC1(F)F. The Labute approximate surface area is 206 Å². The molecule has 0 radical (unpaired) electrons. The molecule has 1 aliphatic heterocycles. The van der Waals surface area contributed by atoms with Crippen LogP contribution in [0.3, 0.4) is 0 Å². The molecule has 1 N–H and O–H groups in total. The lowest BCUT2D eigenvalue weighted by Crippen LogP contribution is -2.53. The molecule has 2 aromatic carbocycles. The monoisotopic (exact) mass is 534 g/mol. The maximum atomic E-state index is 15.6. The molecule has 6 nitrogen and oxygen atoms in total. The summed E-state index contributed by atoms with van der Waals surface area (Å²) in [6, 6.07) is 6.22. The summed E-state index contributed by atoms with van der Waals surface area (Å²) < 4.78 is 102. The fraction of sp³-hybridized carbons (Fsp3) is 0.458. The van der Waals surface area contributed by atoms with Gasteiger partial charge in [-0.15, -0.1) is 0 Å². The molecule has 1 aliphatic rings. The zero-order valence-corrected chi connectivity index (χ0v) is 20.7. The first kappa shape index (κ1) is 27.9. The van der Waals surface area contributed by atoms with Crippen molar-refractivity contribution in [2.24, 2.45) is 5.92 Å². The number of halogens is 5. The molecule has 3 rings (SSSR count).